The van der Waals surface area contributed by atoms with E-state index in [0.29, 0.717) is 0 Å². The van der Waals surface area contributed by atoms with E-state index in [1.54, 1.807) is 17.5 Å². The van der Waals surface area contributed by atoms with E-state index in [-0.39, 0.29) is 36.2 Å². The summed E-state index contributed by atoms with van der Waals surface area (Å²) in [5, 5.41) is 13.0. The van der Waals surface area contributed by atoms with Gasteiger partial charge in [0.1, 0.15) is 10.0 Å². The lowest BCUT2D eigenvalue weighted by Crippen LogP contribution is -2.36. The number of rotatable bonds is 8. The van der Waals surface area contributed by atoms with Crippen molar-refractivity contribution in [2.45, 2.75) is 10.6 Å². The molecule has 0 bridgehead atoms. The lowest BCUT2D eigenvalue weighted by atomic mass is 10.4. The molecule has 1 aromatic heterocycles. The van der Waals surface area contributed by atoms with Crippen molar-refractivity contribution < 1.29 is 18.4 Å². The molecular weight excluding hydrogens is 290 g/mol. The molecule has 0 aromatic carbocycles. The minimum Gasteiger partial charge on any atom is -0.409 e. The summed E-state index contributed by atoms with van der Waals surface area (Å²) in [5.41, 5.74) is 5.36. The predicted octanol–water partition coefficient (Wildman–Crippen LogP) is 0.522. The molecule has 1 heterocycles. The van der Waals surface area contributed by atoms with E-state index in [9.17, 15) is 8.42 Å². The average Bonchev–Trinajstić information content (AvgIpc) is 2.92. The Bertz CT molecular complexity index is 499. The Labute approximate surface area is 116 Å². The van der Waals surface area contributed by atoms with Crippen LogP contribution in [0.5, 0.6) is 0 Å². The first kappa shape index (κ1) is 15.9. The second-order valence-electron chi connectivity index (χ2n) is 3.67. The van der Waals surface area contributed by atoms with Crippen LogP contribution in [0.15, 0.2) is 26.9 Å². The summed E-state index contributed by atoms with van der Waals surface area (Å²) in [5.74, 6) is -0.0104. The van der Waals surface area contributed by atoms with Crippen LogP contribution in [0.2, 0.25) is 0 Å². The van der Waals surface area contributed by atoms with Gasteiger partial charge in [-0.1, -0.05) is 11.2 Å². The van der Waals surface area contributed by atoms with Crippen molar-refractivity contribution in [1.82, 2.24) is 4.31 Å². The lowest BCUT2D eigenvalue weighted by Gasteiger charge is -2.20. The van der Waals surface area contributed by atoms with Crippen LogP contribution in [0.3, 0.4) is 0 Å². The molecule has 1 rings (SSSR count). The molecule has 0 spiro atoms. The maximum absolute atomic E-state index is 12.3. The molecule has 0 atom stereocenters. The normalized spacial score (nSPS) is 13.1. The van der Waals surface area contributed by atoms with Crippen LogP contribution in [0.1, 0.15) is 6.42 Å². The van der Waals surface area contributed by atoms with Gasteiger partial charge in [-0.05, 0) is 11.4 Å². The number of nitrogens with zero attached hydrogens (tertiary/aromatic N) is 2. The molecule has 0 saturated heterocycles. The Morgan fingerprint density at radius 3 is 2.84 bits per heavy atom. The van der Waals surface area contributed by atoms with Crippen LogP contribution < -0.4 is 5.73 Å². The average molecular weight is 307 g/mol. The number of amidine groups is 1. The van der Waals surface area contributed by atoms with Crippen molar-refractivity contribution in [1.29, 1.82) is 0 Å². The van der Waals surface area contributed by atoms with Crippen molar-refractivity contribution in [3.63, 3.8) is 0 Å². The van der Waals surface area contributed by atoms with E-state index < -0.39 is 10.0 Å². The zero-order valence-electron chi connectivity index (χ0n) is 10.5. The lowest BCUT2D eigenvalue weighted by molar-refractivity contribution is 0.179. The highest BCUT2D eigenvalue weighted by Gasteiger charge is 2.25. The summed E-state index contributed by atoms with van der Waals surface area (Å²) in [4.78, 5) is 0. The molecule has 3 N–H and O–H groups in total. The molecule has 0 saturated carbocycles. The molecule has 7 nitrogen and oxygen atoms in total. The summed E-state index contributed by atoms with van der Waals surface area (Å²) >= 11 is 1.15. The Morgan fingerprint density at radius 2 is 2.32 bits per heavy atom. The Balaban J connectivity index is 2.84. The number of sulfonamides is 1. The maximum atomic E-state index is 12.3. The quantitative estimate of drug-likeness (QED) is 0.315. The second kappa shape index (κ2) is 7.43. The highest BCUT2D eigenvalue weighted by Crippen LogP contribution is 2.20. The van der Waals surface area contributed by atoms with E-state index >= 15 is 0 Å². The van der Waals surface area contributed by atoms with Gasteiger partial charge in [-0.2, -0.15) is 4.31 Å². The molecule has 0 aliphatic heterocycles. The van der Waals surface area contributed by atoms with Crippen LogP contribution in [0.25, 0.3) is 0 Å². The summed E-state index contributed by atoms with van der Waals surface area (Å²) in [6.45, 7) is 0.635. The minimum absolute atomic E-state index is 0.0104. The van der Waals surface area contributed by atoms with Gasteiger partial charge in [0.15, 0.2) is 0 Å². The van der Waals surface area contributed by atoms with Gasteiger partial charge < -0.3 is 15.7 Å². The molecule has 0 fully saturated rings. The first-order valence-electron chi connectivity index (χ1n) is 5.51. The van der Waals surface area contributed by atoms with Gasteiger partial charge in [-0.15, -0.1) is 11.3 Å². The van der Waals surface area contributed by atoms with E-state index in [2.05, 4.69) is 5.16 Å². The highest BCUT2D eigenvalue weighted by atomic mass is 32.2. The molecule has 1 aromatic rings. The highest BCUT2D eigenvalue weighted by molar-refractivity contribution is 7.91. The molecule has 9 heteroatoms. The Morgan fingerprint density at radius 1 is 1.58 bits per heavy atom. The Hall–Kier alpha value is -1.16. The topological polar surface area (TPSA) is 105 Å². The second-order valence-corrected chi connectivity index (χ2v) is 6.78. The number of hydrogen-bond donors (Lipinski definition) is 2. The van der Waals surface area contributed by atoms with Gasteiger partial charge in [-0.25, -0.2) is 8.42 Å². The van der Waals surface area contributed by atoms with Crippen LogP contribution >= 0.6 is 11.3 Å². The third kappa shape index (κ3) is 4.46. The molecule has 0 unspecified atom stereocenters. The van der Waals surface area contributed by atoms with Crippen LogP contribution in [-0.4, -0.2) is 50.6 Å². The first-order chi connectivity index (χ1) is 9.02. The first-order valence-corrected chi connectivity index (χ1v) is 7.83. The van der Waals surface area contributed by atoms with Crippen molar-refractivity contribution in [2.24, 2.45) is 10.9 Å². The SMILES string of the molecule is COCCN(CCC(N)=NO)S(=O)(=O)c1cccs1. The monoisotopic (exact) mass is 307 g/mol. The predicted molar refractivity (Wildman–Crippen MR) is 73.0 cm³/mol. The third-order valence-electron chi connectivity index (χ3n) is 2.38. The summed E-state index contributed by atoms with van der Waals surface area (Å²) in [6.07, 6.45) is 0.158. The zero-order chi connectivity index (χ0) is 14.3. The van der Waals surface area contributed by atoms with E-state index in [4.69, 9.17) is 15.7 Å². The fraction of sp³-hybridized carbons (Fsp3) is 0.500. The smallest absolute Gasteiger partial charge is 0.252 e. The Kier molecular flexibility index (Phi) is 6.22. The maximum Gasteiger partial charge on any atom is 0.252 e. The number of hydrogen-bond acceptors (Lipinski definition) is 6. The zero-order valence-corrected chi connectivity index (χ0v) is 12.2. The summed E-state index contributed by atoms with van der Waals surface area (Å²) in [7, 11) is -2.05. The molecule has 108 valence electrons. The molecular formula is C10H17N3O4S2. The fourth-order valence-corrected chi connectivity index (χ4v) is 3.94. The van der Waals surface area contributed by atoms with Gasteiger partial charge in [-0.3, -0.25) is 0 Å². The fourth-order valence-electron chi connectivity index (χ4n) is 1.37. The molecule has 0 aliphatic rings. The third-order valence-corrected chi connectivity index (χ3v) is 5.65. The largest absolute Gasteiger partial charge is 0.409 e. The number of nitrogens with two attached hydrogens (primary N) is 1. The van der Waals surface area contributed by atoms with Crippen LogP contribution in [0, 0.1) is 0 Å². The molecule has 19 heavy (non-hydrogen) atoms. The number of methoxy groups -OCH3 is 1. The van der Waals surface area contributed by atoms with E-state index in [1.165, 1.54) is 11.4 Å². The van der Waals surface area contributed by atoms with Crippen molar-refractivity contribution >= 4 is 27.2 Å². The number of oxime groups is 1. The van der Waals surface area contributed by atoms with E-state index in [0.717, 1.165) is 11.3 Å². The van der Waals surface area contributed by atoms with E-state index in [1.807, 2.05) is 0 Å². The summed E-state index contributed by atoms with van der Waals surface area (Å²) < 4.78 is 31.1. The molecule has 0 aliphatic carbocycles. The van der Waals surface area contributed by atoms with Gasteiger partial charge in [0.25, 0.3) is 10.0 Å². The van der Waals surface area contributed by atoms with Gasteiger partial charge >= 0.3 is 0 Å². The number of thiophene rings is 1. The van der Waals surface area contributed by atoms with Crippen molar-refractivity contribution in [2.75, 3.05) is 26.8 Å². The molecule has 0 radical (unpaired) electrons. The summed E-state index contributed by atoms with van der Waals surface area (Å²) in [6, 6.07) is 3.22. The van der Waals surface area contributed by atoms with Gasteiger partial charge in [0.2, 0.25) is 0 Å². The molecule has 0 amide bonds. The number of ether oxygens (including phenoxy) is 1. The van der Waals surface area contributed by atoms with Crippen LogP contribution in [-0.2, 0) is 14.8 Å². The standard InChI is InChI=1S/C10H17N3O4S2/c1-17-7-6-13(5-4-9(11)12-14)19(15,16)10-3-2-8-18-10/h2-3,8,14H,4-7H2,1H3,(H2,11,12). The minimum atomic E-state index is -3.55. The van der Waals surface area contributed by atoms with Crippen LogP contribution in [0.4, 0.5) is 0 Å². The van der Waals surface area contributed by atoms with Gasteiger partial charge in [0.05, 0.1) is 6.61 Å². The van der Waals surface area contributed by atoms with Gasteiger partial charge in [0, 0.05) is 26.6 Å². The van der Waals surface area contributed by atoms with Crippen molar-refractivity contribution in [3.05, 3.63) is 17.5 Å². The van der Waals surface area contributed by atoms with Crippen molar-refractivity contribution in [3.8, 4) is 0 Å².